The third-order valence-corrected chi connectivity index (χ3v) is 5.36. The van der Waals surface area contributed by atoms with Gasteiger partial charge in [0.25, 0.3) is 0 Å². The van der Waals surface area contributed by atoms with Gasteiger partial charge in [0, 0.05) is 24.7 Å². The summed E-state index contributed by atoms with van der Waals surface area (Å²) in [4.78, 5) is 33.5. The molecular weight excluding hydrogens is 316 g/mol. The van der Waals surface area contributed by atoms with E-state index in [1.807, 2.05) is 36.9 Å². The Labute approximate surface area is 149 Å². The minimum absolute atomic E-state index is 0.00680. The number of pyridine rings is 1. The molecule has 1 aromatic rings. The van der Waals surface area contributed by atoms with Gasteiger partial charge in [0.2, 0.25) is 11.8 Å². The van der Waals surface area contributed by atoms with E-state index in [1.54, 1.807) is 0 Å². The van der Waals surface area contributed by atoms with Crippen LogP contribution in [-0.2, 0) is 9.59 Å². The number of aryl methyl sites for hydroxylation is 1. The molecule has 25 heavy (non-hydrogen) atoms. The van der Waals surface area contributed by atoms with Crippen LogP contribution in [0.1, 0.15) is 38.3 Å². The molecule has 0 bridgehead atoms. The lowest BCUT2D eigenvalue weighted by Gasteiger charge is -2.36. The van der Waals surface area contributed by atoms with Gasteiger partial charge in [0.1, 0.15) is 5.82 Å². The number of aromatic nitrogens is 1. The highest BCUT2D eigenvalue weighted by Crippen LogP contribution is 2.22. The summed E-state index contributed by atoms with van der Waals surface area (Å²) in [6, 6.07) is 5.54. The van der Waals surface area contributed by atoms with E-state index in [9.17, 15) is 9.59 Å². The van der Waals surface area contributed by atoms with Gasteiger partial charge >= 0.3 is 0 Å². The monoisotopic (exact) mass is 344 g/mol. The van der Waals surface area contributed by atoms with E-state index in [0.717, 1.165) is 57.6 Å². The molecule has 1 atom stereocenters. The topological polar surface area (TPSA) is 65.5 Å². The maximum Gasteiger partial charge on any atom is 0.239 e. The molecule has 2 aliphatic heterocycles. The molecule has 0 spiro atoms. The van der Waals surface area contributed by atoms with Crippen molar-refractivity contribution in [1.29, 1.82) is 0 Å². The Hall–Kier alpha value is -1.95. The van der Waals surface area contributed by atoms with E-state index in [4.69, 9.17) is 0 Å². The number of nitrogens with one attached hydrogen (secondary N) is 1. The predicted molar refractivity (Wildman–Crippen MR) is 97.2 cm³/mol. The normalized spacial score (nSPS) is 20.5. The van der Waals surface area contributed by atoms with Crippen molar-refractivity contribution >= 4 is 17.6 Å². The van der Waals surface area contributed by atoms with E-state index in [1.165, 1.54) is 0 Å². The van der Waals surface area contributed by atoms with Crippen LogP contribution in [0.15, 0.2) is 18.2 Å². The average molecular weight is 344 g/mol. The zero-order chi connectivity index (χ0) is 17.8. The Kier molecular flexibility index (Phi) is 5.68. The van der Waals surface area contributed by atoms with Gasteiger partial charge in [-0.05, 0) is 64.8 Å². The Morgan fingerprint density at radius 2 is 1.84 bits per heavy atom. The van der Waals surface area contributed by atoms with Gasteiger partial charge in [-0.1, -0.05) is 6.07 Å². The minimum Gasteiger partial charge on any atom is -0.341 e. The summed E-state index contributed by atoms with van der Waals surface area (Å²) in [6.07, 6.45) is 3.81. The van der Waals surface area contributed by atoms with Crippen molar-refractivity contribution in [3.05, 3.63) is 23.9 Å². The maximum absolute atomic E-state index is 12.5. The summed E-state index contributed by atoms with van der Waals surface area (Å²) in [7, 11) is 0. The predicted octanol–water partition coefficient (Wildman–Crippen LogP) is 2.05. The molecule has 0 unspecified atom stereocenters. The summed E-state index contributed by atoms with van der Waals surface area (Å²) in [5.41, 5.74) is 0.891. The van der Waals surface area contributed by atoms with Gasteiger partial charge < -0.3 is 10.2 Å². The summed E-state index contributed by atoms with van der Waals surface area (Å²) in [6.45, 7) is 7.28. The van der Waals surface area contributed by atoms with Gasteiger partial charge in [0.15, 0.2) is 0 Å². The molecule has 0 aliphatic carbocycles. The zero-order valence-corrected chi connectivity index (χ0v) is 15.2. The molecule has 2 amide bonds. The van der Waals surface area contributed by atoms with E-state index in [2.05, 4.69) is 15.2 Å². The fourth-order valence-electron chi connectivity index (χ4n) is 3.75. The van der Waals surface area contributed by atoms with Crippen molar-refractivity contribution < 1.29 is 9.59 Å². The van der Waals surface area contributed by atoms with Crippen molar-refractivity contribution in [3.8, 4) is 0 Å². The van der Waals surface area contributed by atoms with Crippen LogP contribution in [0.4, 0.5) is 5.82 Å². The van der Waals surface area contributed by atoms with Crippen LogP contribution < -0.4 is 5.32 Å². The third-order valence-electron chi connectivity index (χ3n) is 5.36. The second kappa shape index (κ2) is 7.95. The number of carbonyl (C=O) groups is 2. The zero-order valence-electron chi connectivity index (χ0n) is 15.2. The van der Waals surface area contributed by atoms with Crippen LogP contribution in [-0.4, -0.2) is 58.8 Å². The highest BCUT2D eigenvalue weighted by Gasteiger charge is 2.32. The highest BCUT2D eigenvalue weighted by atomic mass is 16.2. The molecule has 6 nitrogen and oxygen atoms in total. The molecule has 136 valence electrons. The lowest BCUT2D eigenvalue weighted by Crippen LogP contribution is -2.50. The van der Waals surface area contributed by atoms with E-state index >= 15 is 0 Å². The fourth-order valence-corrected chi connectivity index (χ4v) is 3.75. The van der Waals surface area contributed by atoms with Gasteiger partial charge in [0.05, 0.1) is 6.04 Å². The van der Waals surface area contributed by atoms with Crippen LogP contribution in [0.2, 0.25) is 0 Å². The molecule has 6 heteroatoms. The smallest absolute Gasteiger partial charge is 0.239 e. The first-order valence-electron chi connectivity index (χ1n) is 9.32. The molecule has 1 N–H and O–H groups in total. The van der Waals surface area contributed by atoms with E-state index in [-0.39, 0.29) is 23.8 Å². The number of rotatable bonds is 4. The number of amides is 2. The van der Waals surface area contributed by atoms with Crippen molar-refractivity contribution in [2.24, 2.45) is 5.92 Å². The summed E-state index contributed by atoms with van der Waals surface area (Å²) >= 11 is 0. The Balaban J connectivity index is 1.49. The number of hydrogen-bond donors (Lipinski definition) is 1. The SMILES string of the molecule is Cc1cccc(NC(=O)C2CCN([C@H](C)C(=O)N3CCCC3)CC2)n1. The molecule has 2 fully saturated rings. The average Bonchev–Trinajstić information content (AvgIpc) is 3.15. The van der Waals surface area contributed by atoms with Crippen molar-refractivity contribution in [2.75, 3.05) is 31.5 Å². The number of nitrogens with zero attached hydrogens (tertiary/aromatic N) is 3. The van der Waals surface area contributed by atoms with E-state index in [0.29, 0.717) is 5.82 Å². The van der Waals surface area contributed by atoms with Crippen LogP contribution in [0.3, 0.4) is 0 Å². The number of piperidine rings is 1. The third kappa shape index (κ3) is 4.37. The van der Waals surface area contributed by atoms with Crippen molar-refractivity contribution in [1.82, 2.24) is 14.8 Å². The van der Waals surface area contributed by atoms with Crippen molar-refractivity contribution in [3.63, 3.8) is 0 Å². The molecular formula is C19H28N4O2. The molecule has 3 rings (SSSR count). The molecule has 0 aromatic carbocycles. The minimum atomic E-state index is -0.0828. The number of hydrogen-bond acceptors (Lipinski definition) is 4. The second-order valence-electron chi connectivity index (χ2n) is 7.17. The van der Waals surface area contributed by atoms with E-state index < -0.39 is 0 Å². The molecule has 2 aliphatic rings. The molecule has 0 radical (unpaired) electrons. The Morgan fingerprint density at radius 1 is 1.16 bits per heavy atom. The number of anilines is 1. The van der Waals surface area contributed by atoms with Crippen LogP contribution in [0, 0.1) is 12.8 Å². The second-order valence-corrected chi connectivity index (χ2v) is 7.17. The van der Waals surface area contributed by atoms with Crippen molar-refractivity contribution in [2.45, 2.75) is 45.6 Å². The Morgan fingerprint density at radius 3 is 2.48 bits per heavy atom. The lowest BCUT2D eigenvalue weighted by atomic mass is 9.95. The Bertz CT molecular complexity index is 620. The quantitative estimate of drug-likeness (QED) is 0.908. The highest BCUT2D eigenvalue weighted by molar-refractivity contribution is 5.91. The van der Waals surface area contributed by atoms with Gasteiger partial charge in [-0.25, -0.2) is 4.98 Å². The first-order chi connectivity index (χ1) is 12.0. The van der Waals surface area contributed by atoms with Gasteiger partial charge in [-0.3, -0.25) is 14.5 Å². The van der Waals surface area contributed by atoms with Gasteiger partial charge in [-0.15, -0.1) is 0 Å². The molecule has 0 saturated carbocycles. The molecule has 2 saturated heterocycles. The summed E-state index contributed by atoms with van der Waals surface area (Å²) in [5.74, 6) is 0.887. The maximum atomic E-state index is 12.5. The fraction of sp³-hybridized carbons (Fsp3) is 0.632. The number of carbonyl (C=O) groups excluding carboxylic acids is 2. The van der Waals surface area contributed by atoms with Crippen LogP contribution >= 0.6 is 0 Å². The molecule has 3 heterocycles. The standard InChI is InChI=1S/C19H28N4O2/c1-14-6-5-7-17(20-14)21-18(24)16-8-12-22(13-9-16)15(2)19(25)23-10-3-4-11-23/h5-7,15-16H,3-4,8-13H2,1-2H3,(H,20,21,24)/t15-/m1/s1. The first kappa shape index (κ1) is 17.9. The largest absolute Gasteiger partial charge is 0.341 e. The van der Waals surface area contributed by atoms with Gasteiger partial charge in [-0.2, -0.15) is 0 Å². The summed E-state index contributed by atoms with van der Waals surface area (Å²) < 4.78 is 0. The van der Waals surface area contributed by atoms with Crippen LogP contribution in [0.5, 0.6) is 0 Å². The number of likely N-dealkylation sites (tertiary alicyclic amines) is 2. The molecule has 1 aromatic heterocycles. The summed E-state index contributed by atoms with van der Waals surface area (Å²) in [5, 5.41) is 2.92. The van der Waals surface area contributed by atoms with Crippen LogP contribution in [0.25, 0.3) is 0 Å². The first-order valence-corrected chi connectivity index (χ1v) is 9.32. The lowest BCUT2D eigenvalue weighted by molar-refractivity contribution is -0.136.